The Morgan fingerprint density at radius 1 is 1.53 bits per heavy atom. The van der Waals surface area contributed by atoms with Gasteiger partial charge in [-0.25, -0.2) is 0 Å². The third-order valence-electron chi connectivity index (χ3n) is 2.15. The second-order valence-electron chi connectivity index (χ2n) is 3.82. The van der Waals surface area contributed by atoms with E-state index < -0.39 is 11.9 Å². The van der Waals surface area contributed by atoms with Crippen LogP contribution in [0.25, 0.3) is 5.76 Å². The molecule has 0 atom stereocenters. The topological polar surface area (TPSA) is 27.1 Å². The lowest BCUT2D eigenvalue weighted by Gasteiger charge is -2.08. The Balaban J connectivity index is 3.22. The van der Waals surface area contributed by atoms with E-state index in [-0.39, 0.29) is 24.0 Å². The van der Waals surface area contributed by atoms with E-state index in [1.807, 2.05) is 0 Å². The van der Waals surface area contributed by atoms with Gasteiger partial charge in [-0.15, -0.1) is 0 Å². The van der Waals surface area contributed by atoms with Gasteiger partial charge < -0.3 is 4.74 Å². The lowest BCUT2D eigenvalue weighted by Crippen LogP contribution is -2.10. The van der Waals surface area contributed by atoms with Gasteiger partial charge in [0.15, 0.2) is 5.69 Å². The van der Waals surface area contributed by atoms with E-state index in [0.29, 0.717) is 0 Å². The summed E-state index contributed by atoms with van der Waals surface area (Å²) in [7, 11) is 0. The maximum atomic E-state index is 12.8. The molecule has 0 radical (unpaired) electrons. The molecule has 0 unspecified atom stereocenters. The maximum Gasteiger partial charge on any atom is 0.435 e. The maximum absolute atomic E-state index is 12.8. The molecule has 1 heterocycles. The minimum Gasteiger partial charge on any atom is -0.494 e. The molecule has 0 spiro atoms. The van der Waals surface area contributed by atoms with E-state index in [4.69, 9.17) is 4.74 Å². The highest BCUT2D eigenvalue weighted by atomic mass is 19.4. The fourth-order valence-electron chi connectivity index (χ4n) is 1.32. The lowest BCUT2D eigenvalue weighted by atomic mass is 10.2. The van der Waals surface area contributed by atoms with E-state index in [1.165, 1.54) is 10.9 Å². The van der Waals surface area contributed by atoms with Crippen molar-refractivity contribution in [2.45, 2.75) is 33.0 Å². The lowest BCUT2D eigenvalue weighted by molar-refractivity contribution is -0.141. The van der Waals surface area contributed by atoms with Gasteiger partial charge in [0.2, 0.25) is 0 Å². The summed E-state index contributed by atoms with van der Waals surface area (Å²) in [6.07, 6.45) is -3.19. The molecule has 0 aromatic carbocycles. The molecule has 17 heavy (non-hydrogen) atoms. The standard InChI is InChI=1S/C11H15F3N2O/c1-5-17-8(4)9-6-16(7(2)3)15-10(9)11(12,13)14/h6-7H,4-5H2,1-3H3. The molecule has 0 N–H and O–H groups in total. The number of nitrogens with zero attached hydrogens (tertiary/aromatic N) is 2. The second kappa shape index (κ2) is 4.81. The van der Waals surface area contributed by atoms with Crippen LogP contribution in [0.2, 0.25) is 0 Å². The Hall–Kier alpha value is -1.46. The number of ether oxygens (including phenoxy) is 1. The van der Waals surface area contributed by atoms with Crippen LogP contribution < -0.4 is 0 Å². The molecule has 0 aliphatic carbocycles. The average Bonchev–Trinajstić information content (AvgIpc) is 2.61. The second-order valence-corrected chi connectivity index (χ2v) is 3.82. The summed E-state index contributed by atoms with van der Waals surface area (Å²) in [6, 6.07) is -0.153. The predicted octanol–water partition coefficient (Wildman–Crippen LogP) is 3.49. The Labute approximate surface area is 97.9 Å². The zero-order chi connectivity index (χ0) is 13.2. The van der Waals surface area contributed by atoms with Crippen molar-refractivity contribution in [3.8, 4) is 0 Å². The molecule has 0 bridgehead atoms. The van der Waals surface area contributed by atoms with Crippen LogP contribution >= 0.6 is 0 Å². The summed E-state index contributed by atoms with van der Waals surface area (Å²) in [4.78, 5) is 0. The Bertz CT molecular complexity index is 407. The number of aromatic nitrogens is 2. The van der Waals surface area contributed by atoms with Crippen LogP contribution in [0, 0.1) is 0 Å². The van der Waals surface area contributed by atoms with Crippen molar-refractivity contribution >= 4 is 5.76 Å². The molecule has 1 aromatic rings. The van der Waals surface area contributed by atoms with Crippen LogP contribution in [0.3, 0.4) is 0 Å². The molecule has 96 valence electrons. The summed E-state index contributed by atoms with van der Waals surface area (Å²) in [5.41, 5.74) is -1.06. The van der Waals surface area contributed by atoms with Crippen LogP contribution in [-0.4, -0.2) is 16.4 Å². The fraction of sp³-hybridized carbons (Fsp3) is 0.545. The molecule has 0 saturated heterocycles. The molecule has 0 fully saturated rings. The van der Waals surface area contributed by atoms with Gasteiger partial charge in [0.05, 0.1) is 12.2 Å². The molecule has 3 nitrogen and oxygen atoms in total. The van der Waals surface area contributed by atoms with Crippen LogP contribution in [0.1, 0.15) is 38.1 Å². The van der Waals surface area contributed by atoms with Crippen molar-refractivity contribution in [3.05, 3.63) is 24.0 Å². The SMILES string of the molecule is C=C(OCC)c1cn(C(C)C)nc1C(F)(F)F. The largest absolute Gasteiger partial charge is 0.494 e. The number of rotatable bonds is 4. The first kappa shape index (κ1) is 13.6. The Kier molecular flexibility index (Phi) is 3.85. The minimum absolute atomic E-state index is 0.00766. The van der Waals surface area contributed by atoms with Gasteiger partial charge in [-0.05, 0) is 20.8 Å². The summed E-state index contributed by atoms with van der Waals surface area (Å²) >= 11 is 0. The third kappa shape index (κ3) is 3.01. The van der Waals surface area contributed by atoms with Gasteiger partial charge in [0.25, 0.3) is 0 Å². The van der Waals surface area contributed by atoms with Crippen LogP contribution in [0.15, 0.2) is 12.8 Å². The highest BCUT2D eigenvalue weighted by Gasteiger charge is 2.38. The van der Waals surface area contributed by atoms with Gasteiger partial charge in [0, 0.05) is 12.2 Å². The average molecular weight is 248 g/mol. The highest BCUT2D eigenvalue weighted by Crippen LogP contribution is 2.34. The molecule has 0 aliphatic heterocycles. The van der Waals surface area contributed by atoms with Crippen LogP contribution in [-0.2, 0) is 10.9 Å². The first-order valence-electron chi connectivity index (χ1n) is 5.25. The summed E-state index contributed by atoms with van der Waals surface area (Å²) in [5.74, 6) is -0.00766. The van der Waals surface area contributed by atoms with E-state index in [9.17, 15) is 13.2 Å². The van der Waals surface area contributed by atoms with Gasteiger partial charge in [-0.2, -0.15) is 18.3 Å². The number of halogens is 3. The van der Waals surface area contributed by atoms with Crippen molar-refractivity contribution in [3.63, 3.8) is 0 Å². The van der Waals surface area contributed by atoms with E-state index in [1.54, 1.807) is 20.8 Å². The van der Waals surface area contributed by atoms with Crippen molar-refractivity contribution in [1.82, 2.24) is 9.78 Å². The van der Waals surface area contributed by atoms with Crippen molar-refractivity contribution in [2.24, 2.45) is 0 Å². The molecule has 0 amide bonds. The van der Waals surface area contributed by atoms with Crippen molar-refractivity contribution < 1.29 is 17.9 Å². The quantitative estimate of drug-likeness (QED) is 0.762. The van der Waals surface area contributed by atoms with Gasteiger partial charge in [-0.1, -0.05) is 6.58 Å². The Morgan fingerprint density at radius 3 is 2.53 bits per heavy atom. The number of alkyl halides is 3. The fourth-order valence-corrected chi connectivity index (χ4v) is 1.32. The summed E-state index contributed by atoms with van der Waals surface area (Å²) in [6.45, 7) is 8.94. The predicted molar refractivity (Wildman–Crippen MR) is 58.3 cm³/mol. The highest BCUT2D eigenvalue weighted by molar-refractivity contribution is 5.59. The molecule has 6 heteroatoms. The molecule has 0 saturated carbocycles. The molecule has 1 rings (SSSR count). The number of hydrogen-bond acceptors (Lipinski definition) is 2. The van der Waals surface area contributed by atoms with Gasteiger partial charge in [0.1, 0.15) is 5.76 Å². The zero-order valence-electron chi connectivity index (χ0n) is 10.0. The van der Waals surface area contributed by atoms with Gasteiger partial charge >= 0.3 is 6.18 Å². The molecule has 0 aliphatic rings. The van der Waals surface area contributed by atoms with Crippen LogP contribution in [0.5, 0.6) is 0 Å². The monoisotopic (exact) mass is 248 g/mol. The molecule has 1 aromatic heterocycles. The summed E-state index contributed by atoms with van der Waals surface area (Å²) in [5, 5.41) is 3.54. The van der Waals surface area contributed by atoms with Crippen molar-refractivity contribution in [2.75, 3.05) is 6.61 Å². The zero-order valence-corrected chi connectivity index (χ0v) is 10.0. The minimum atomic E-state index is -4.50. The number of hydrogen-bond donors (Lipinski definition) is 0. The smallest absolute Gasteiger partial charge is 0.435 e. The van der Waals surface area contributed by atoms with E-state index in [0.717, 1.165) is 0 Å². The summed E-state index contributed by atoms with van der Waals surface area (Å²) < 4.78 is 44.5. The van der Waals surface area contributed by atoms with E-state index in [2.05, 4.69) is 11.7 Å². The van der Waals surface area contributed by atoms with Gasteiger partial charge in [-0.3, -0.25) is 4.68 Å². The normalized spacial score (nSPS) is 11.9. The first-order chi connectivity index (χ1) is 7.77. The molecular weight excluding hydrogens is 233 g/mol. The first-order valence-corrected chi connectivity index (χ1v) is 5.25. The van der Waals surface area contributed by atoms with Crippen molar-refractivity contribution in [1.29, 1.82) is 0 Å². The van der Waals surface area contributed by atoms with Crippen LogP contribution in [0.4, 0.5) is 13.2 Å². The molecular formula is C11H15F3N2O. The Morgan fingerprint density at radius 2 is 2.12 bits per heavy atom. The van der Waals surface area contributed by atoms with E-state index >= 15 is 0 Å². The third-order valence-corrected chi connectivity index (χ3v) is 2.15.